The van der Waals surface area contributed by atoms with Crippen molar-refractivity contribution in [3.8, 4) is 0 Å². The number of anilines is 1. The first kappa shape index (κ1) is 12.6. The van der Waals surface area contributed by atoms with Gasteiger partial charge in [-0.1, -0.05) is 23.2 Å². The van der Waals surface area contributed by atoms with Crippen LogP contribution in [-0.4, -0.2) is 11.8 Å². The van der Waals surface area contributed by atoms with E-state index in [2.05, 4.69) is 5.32 Å². The van der Waals surface area contributed by atoms with E-state index in [0.29, 0.717) is 34.5 Å². The number of amides is 1. The first-order chi connectivity index (χ1) is 7.11. The van der Waals surface area contributed by atoms with Gasteiger partial charge in [-0.2, -0.15) is 0 Å². The number of rotatable bonds is 4. The van der Waals surface area contributed by atoms with Crippen LogP contribution in [0.2, 0.25) is 10.0 Å². The standard InChI is InChI=1S/C10H10Cl3NO/c11-3-1-2-10(15)14-9-5-7(12)4-8(13)6-9/h4-6H,1-3H2,(H,14,15). The lowest BCUT2D eigenvalue weighted by atomic mass is 10.3. The molecule has 0 saturated heterocycles. The van der Waals surface area contributed by atoms with Gasteiger partial charge in [0.15, 0.2) is 0 Å². The van der Waals surface area contributed by atoms with Gasteiger partial charge in [0.25, 0.3) is 0 Å². The molecule has 0 aliphatic heterocycles. The first-order valence-corrected chi connectivity index (χ1v) is 5.73. The number of hydrogen-bond donors (Lipinski definition) is 1. The fourth-order valence-electron chi connectivity index (χ4n) is 1.08. The molecule has 0 aromatic heterocycles. The Morgan fingerprint density at radius 3 is 2.33 bits per heavy atom. The Bertz CT molecular complexity index is 334. The average Bonchev–Trinajstić information content (AvgIpc) is 2.13. The maximum absolute atomic E-state index is 11.3. The fourth-order valence-corrected chi connectivity index (χ4v) is 1.74. The van der Waals surface area contributed by atoms with Crippen LogP contribution in [0.1, 0.15) is 12.8 Å². The van der Waals surface area contributed by atoms with Crippen LogP contribution >= 0.6 is 34.8 Å². The molecule has 1 N–H and O–H groups in total. The average molecular weight is 267 g/mol. The van der Waals surface area contributed by atoms with Crippen molar-refractivity contribution in [2.24, 2.45) is 0 Å². The summed E-state index contributed by atoms with van der Waals surface area (Å²) in [5, 5.41) is 3.68. The maximum Gasteiger partial charge on any atom is 0.224 e. The lowest BCUT2D eigenvalue weighted by Crippen LogP contribution is -2.11. The molecule has 0 bridgehead atoms. The monoisotopic (exact) mass is 265 g/mol. The summed E-state index contributed by atoms with van der Waals surface area (Å²) in [7, 11) is 0. The van der Waals surface area contributed by atoms with Gasteiger partial charge in [-0.3, -0.25) is 4.79 Å². The summed E-state index contributed by atoms with van der Waals surface area (Å²) in [6.07, 6.45) is 1.05. The molecule has 0 radical (unpaired) electrons. The highest BCUT2D eigenvalue weighted by Crippen LogP contribution is 2.22. The Morgan fingerprint density at radius 2 is 1.80 bits per heavy atom. The predicted molar refractivity (Wildman–Crippen MR) is 65.0 cm³/mol. The molecule has 0 atom stereocenters. The zero-order valence-corrected chi connectivity index (χ0v) is 10.2. The SMILES string of the molecule is O=C(CCCCl)Nc1cc(Cl)cc(Cl)c1. The summed E-state index contributed by atoms with van der Waals surface area (Å²) in [5.41, 5.74) is 0.604. The summed E-state index contributed by atoms with van der Waals surface area (Å²) in [6.45, 7) is 0. The highest BCUT2D eigenvalue weighted by atomic mass is 35.5. The van der Waals surface area contributed by atoms with Crippen LogP contribution in [0.4, 0.5) is 5.69 Å². The van der Waals surface area contributed by atoms with Crippen LogP contribution in [0.25, 0.3) is 0 Å². The number of alkyl halides is 1. The van der Waals surface area contributed by atoms with Crippen molar-refractivity contribution in [2.75, 3.05) is 11.2 Å². The molecular weight excluding hydrogens is 256 g/mol. The molecule has 82 valence electrons. The Kier molecular flexibility index (Phi) is 5.23. The van der Waals surface area contributed by atoms with Crippen molar-refractivity contribution >= 4 is 46.4 Å². The Hall–Kier alpha value is -0.440. The van der Waals surface area contributed by atoms with E-state index in [-0.39, 0.29) is 5.91 Å². The Morgan fingerprint density at radius 1 is 1.20 bits per heavy atom. The topological polar surface area (TPSA) is 29.1 Å². The van der Waals surface area contributed by atoms with Gasteiger partial charge in [0.05, 0.1) is 0 Å². The lowest BCUT2D eigenvalue weighted by Gasteiger charge is -2.05. The van der Waals surface area contributed by atoms with Gasteiger partial charge in [0.2, 0.25) is 5.91 Å². The van der Waals surface area contributed by atoms with Crippen LogP contribution in [0, 0.1) is 0 Å². The van der Waals surface area contributed by atoms with Crippen molar-refractivity contribution in [3.63, 3.8) is 0 Å². The second-order valence-electron chi connectivity index (χ2n) is 3.00. The molecule has 1 rings (SSSR count). The molecule has 0 aliphatic carbocycles. The van der Waals surface area contributed by atoms with E-state index < -0.39 is 0 Å². The molecule has 0 fully saturated rings. The smallest absolute Gasteiger partial charge is 0.224 e. The minimum Gasteiger partial charge on any atom is -0.326 e. The first-order valence-electron chi connectivity index (χ1n) is 4.43. The third-order valence-electron chi connectivity index (χ3n) is 1.68. The third-order valence-corrected chi connectivity index (χ3v) is 2.39. The molecule has 1 amide bonds. The van der Waals surface area contributed by atoms with Crippen molar-refractivity contribution in [2.45, 2.75) is 12.8 Å². The van der Waals surface area contributed by atoms with Gasteiger partial charge in [-0.05, 0) is 24.6 Å². The van der Waals surface area contributed by atoms with Crippen LogP contribution in [0.3, 0.4) is 0 Å². The van der Waals surface area contributed by atoms with Gasteiger partial charge in [-0.25, -0.2) is 0 Å². The zero-order valence-electron chi connectivity index (χ0n) is 7.90. The molecular formula is C10H10Cl3NO. The van der Waals surface area contributed by atoms with E-state index in [1.54, 1.807) is 18.2 Å². The number of halogens is 3. The number of hydrogen-bond acceptors (Lipinski definition) is 1. The molecule has 0 spiro atoms. The molecule has 1 aromatic carbocycles. The van der Waals surface area contributed by atoms with Gasteiger partial charge >= 0.3 is 0 Å². The second kappa shape index (κ2) is 6.21. The van der Waals surface area contributed by atoms with Crippen molar-refractivity contribution in [1.29, 1.82) is 0 Å². The highest BCUT2D eigenvalue weighted by molar-refractivity contribution is 6.35. The van der Waals surface area contributed by atoms with Crippen LogP contribution in [-0.2, 0) is 4.79 Å². The van der Waals surface area contributed by atoms with Gasteiger partial charge in [0.1, 0.15) is 0 Å². The fraction of sp³-hybridized carbons (Fsp3) is 0.300. The number of nitrogens with one attached hydrogen (secondary N) is 1. The maximum atomic E-state index is 11.3. The largest absolute Gasteiger partial charge is 0.326 e. The predicted octanol–water partition coefficient (Wildman–Crippen LogP) is 3.95. The molecule has 0 saturated carbocycles. The summed E-state index contributed by atoms with van der Waals surface area (Å²) in [6, 6.07) is 4.90. The third kappa shape index (κ3) is 4.74. The Balaban J connectivity index is 2.60. The van der Waals surface area contributed by atoms with E-state index in [4.69, 9.17) is 34.8 Å². The van der Waals surface area contributed by atoms with E-state index in [0.717, 1.165) is 0 Å². The second-order valence-corrected chi connectivity index (χ2v) is 4.25. The van der Waals surface area contributed by atoms with E-state index >= 15 is 0 Å². The van der Waals surface area contributed by atoms with Gasteiger partial charge in [0, 0.05) is 28.0 Å². The minimum absolute atomic E-state index is 0.0889. The number of carbonyl (C=O) groups is 1. The molecule has 0 heterocycles. The van der Waals surface area contributed by atoms with Crippen LogP contribution in [0.5, 0.6) is 0 Å². The summed E-state index contributed by atoms with van der Waals surface area (Å²) >= 11 is 17.0. The summed E-state index contributed by atoms with van der Waals surface area (Å²) in [4.78, 5) is 11.3. The van der Waals surface area contributed by atoms with Crippen molar-refractivity contribution in [3.05, 3.63) is 28.2 Å². The van der Waals surface area contributed by atoms with Crippen LogP contribution in [0.15, 0.2) is 18.2 Å². The van der Waals surface area contributed by atoms with Gasteiger partial charge in [-0.15, -0.1) is 11.6 Å². The summed E-state index contributed by atoms with van der Waals surface area (Å²) in [5.74, 6) is 0.387. The number of benzene rings is 1. The van der Waals surface area contributed by atoms with Crippen molar-refractivity contribution in [1.82, 2.24) is 0 Å². The van der Waals surface area contributed by atoms with E-state index in [1.165, 1.54) is 0 Å². The van der Waals surface area contributed by atoms with Crippen LogP contribution < -0.4 is 5.32 Å². The molecule has 0 unspecified atom stereocenters. The van der Waals surface area contributed by atoms with Crippen molar-refractivity contribution < 1.29 is 4.79 Å². The zero-order chi connectivity index (χ0) is 11.3. The molecule has 0 aliphatic rings. The van der Waals surface area contributed by atoms with E-state index in [9.17, 15) is 4.79 Å². The molecule has 5 heteroatoms. The molecule has 2 nitrogen and oxygen atoms in total. The van der Waals surface area contributed by atoms with E-state index in [1.807, 2.05) is 0 Å². The molecule has 1 aromatic rings. The number of carbonyl (C=O) groups excluding carboxylic acids is 1. The Labute approximate surface area is 104 Å². The minimum atomic E-state index is -0.0889. The van der Waals surface area contributed by atoms with Gasteiger partial charge < -0.3 is 5.32 Å². The highest BCUT2D eigenvalue weighted by Gasteiger charge is 2.03. The lowest BCUT2D eigenvalue weighted by molar-refractivity contribution is -0.116. The quantitative estimate of drug-likeness (QED) is 0.822. The molecule has 15 heavy (non-hydrogen) atoms. The summed E-state index contributed by atoms with van der Waals surface area (Å²) < 4.78 is 0. The normalized spacial score (nSPS) is 10.1.